The summed E-state index contributed by atoms with van der Waals surface area (Å²) in [5, 5.41) is 13.7. The van der Waals surface area contributed by atoms with Crippen molar-refractivity contribution in [1.29, 1.82) is 0 Å². The topological polar surface area (TPSA) is 58.0 Å². The summed E-state index contributed by atoms with van der Waals surface area (Å²) in [6.07, 6.45) is 0. The number of benzene rings is 2. The molecule has 1 heterocycles. The van der Waals surface area contributed by atoms with E-state index in [1.54, 1.807) is 0 Å². The fraction of sp³-hybridized carbons (Fsp3) is 0.263. The van der Waals surface area contributed by atoms with Crippen LogP contribution < -0.4 is 5.32 Å². The van der Waals surface area contributed by atoms with Crippen molar-refractivity contribution >= 4 is 16.9 Å². The highest BCUT2D eigenvalue weighted by atomic mass is 16.3. The molecule has 0 saturated carbocycles. The molecule has 0 unspecified atom stereocenters. The van der Waals surface area contributed by atoms with Crippen molar-refractivity contribution in [1.82, 2.24) is 9.97 Å². The number of aryl methyl sites for hydroxylation is 1. The highest BCUT2D eigenvalue weighted by Gasteiger charge is 2.18. The van der Waals surface area contributed by atoms with Crippen molar-refractivity contribution in [3.63, 3.8) is 0 Å². The van der Waals surface area contributed by atoms with Crippen LogP contribution in [0, 0.1) is 6.92 Å². The molecule has 0 radical (unpaired) electrons. The third-order valence-electron chi connectivity index (χ3n) is 3.77. The number of hydrogen-bond donors (Lipinski definition) is 2. The summed E-state index contributed by atoms with van der Waals surface area (Å²) in [6.45, 7) is 5.90. The number of nitrogens with one attached hydrogen (secondary N) is 1. The Bertz CT molecular complexity index is 826. The summed E-state index contributed by atoms with van der Waals surface area (Å²) in [5.74, 6) is 0.526. The first-order valence-corrected chi connectivity index (χ1v) is 7.71. The molecule has 118 valence electrons. The molecule has 2 N–H and O–H groups in total. The van der Waals surface area contributed by atoms with Gasteiger partial charge >= 0.3 is 0 Å². The third kappa shape index (κ3) is 3.32. The van der Waals surface area contributed by atoms with Gasteiger partial charge in [-0.2, -0.15) is 0 Å². The van der Waals surface area contributed by atoms with Gasteiger partial charge in [-0.3, -0.25) is 0 Å². The largest absolute Gasteiger partial charge is 0.394 e. The van der Waals surface area contributed by atoms with Gasteiger partial charge in [0.05, 0.1) is 23.4 Å². The van der Waals surface area contributed by atoms with Gasteiger partial charge < -0.3 is 10.4 Å². The average molecular weight is 307 g/mol. The monoisotopic (exact) mass is 307 g/mol. The molecule has 1 aromatic heterocycles. The van der Waals surface area contributed by atoms with Gasteiger partial charge in [-0.05, 0) is 26.8 Å². The number of aliphatic hydroxyl groups excluding tert-OH is 1. The lowest BCUT2D eigenvalue weighted by Gasteiger charge is -2.24. The van der Waals surface area contributed by atoms with E-state index in [2.05, 4.69) is 41.5 Å². The standard InChI is InChI=1S/C19H21N3O/c1-13-8-10-14(11-9-13)17-15-6-4-5-7-16(15)20-18(21-17)22-19(2,3)12-23/h4-11,23H,12H2,1-3H3,(H,20,21,22). The predicted octanol–water partition coefficient (Wildman–Crippen LogP) is 3.79. The van der Waals surface area contributed by atoms with E-state index in [1.807, 2.05) is 38.1 Å². The predicted molar refractivity (Wildman–Crippen MR) is 94.5 cm³/mol. The minimum absolute atomic E-state index is 0.00303. The van der Waals surface area contributed by atoms with Crippen molar-refractivity contribution in [2.24, 2.45) is 0 Å². The van der Waals surface area contributed by atoms with Crippen LogP contribution in [-0.4, -0.2) is 27.2 Å². The highest BCUT2D eigenvalue weighted by Crippen LogP contribution is 2.28. The SMILES string of the molecule is Cc1ccc(-c2nc(NC(C)(C)CO)nc3ccccc23)cc1. The van der Waals surface area contributed by atoms with Crippen LogP contribution >= 0.6 is 0 Å². The van der Waals surface area contributed by atoms with Gasteiger partial charge in [0, 0.05) is 10.9 Å². The number of fused-ring (bicyclic) bond motifs is 1. The van der Waals surface area contributed by atoms with Gasteiger partial charge in [0.1, 0.15) is 0 Å². The first-order chi connectivity index (χ1) is 11.0. The zero-order chi connectivity index (χ0) is 16.4. The molecule has 0 atom stereocenters. The third-order valence-corrected chi connectivity index (χ3v) is 3.77. The highest BCUT2D eigenvalue weighted by molar-refractivity contribution is 5.93. The maximum Gasteiger partial charge on any atom is 0.224 e. The summed E-state index contributed by atoms with van der Waals surface area (Å²) in [5.41, 5.74) is 3.57. The summed E-state index contributed by atoms with van der Waals surface area (Å²) in [4.78, 5) is 9.28. The van der Waals surface area contributed by atoms with Crippen LogP contribution in [0.1, 0.15) is 19.4 Å². The molecule has 0 aliphatic rings. The lowest BCUT2D eigenvalue weighted by atomic mass is 10.0. The van der Waals surface area contributed by atoms with Crippen molar-refractivity contribution in [2.75, 3.05) is 11.9 Å². The number of anilines is 1. The van der Waals surface area contributed by atoms with Crippen molar-refractivity contribution in [3.05, 3.63) is 54.1 Å². The van der Waals surface area contributed by atoms with Gasteiger partial charge in [-0.25, -0.2) is 9.97 Å². The number of aromatic nitrogens is 2. The Morgan fingerprint density at radius 3 is 2.39 bits per heavy atom. The Balaban J connectivity index is 2.16. The molecule has 0 saturated heterocycles. The van der Waals surface area contributed by atoms with E-state index in [0.29, 0.717) is 5.95 Å². The van der Waals surface area contributed by atoms with Crippen LogP contribution in [0.3, 0.4) is 0 Å². The van der Waals surface area contributed by atoms with E-state index in [1.165, 1.54) is 5.56 Å². The number of para-hydroxylation sites is 1. The van der Waals surface area contributed by atoms with Crippen LogP contribution in [0.15, 0.2) is 48.5 Å². The fourth-order valence-electron chi connectivity index (χ4n) is 2.41. The molecule has 4 heteroatoms. The van der Waals surface area contributed by atoms with E-state index in [9.17, 15) is 5.11 Å². The molecule has 0 bridgehead atoms. The molecule has 0 amide bonds. The molecule has 3 aromatic rings. The minimum Gasteiger partial charge on any atom is -0.394 e. The number of aliphatic hydroxyl groups is 1. The molecule has 3 rings (SSSR count). The molecular weight excluding hydrogens is 286 g/mol. The Kier molecular flexibility index (Phi) is 4.01. The first-order valence-electron chi connectivity index (χ1n) is 7.71. The lowest BCUT2D eigenvalue weighted by molar-refractivity contribution is 0.233. The Morgan fingerprint density at radius 2 is 1.70 bits per heavy atom. The zero-order valence-corrected chi connectivity index (χ0v) is 13.7. The van der Waals surface area contributed by atoms with E-state index in [-0.39, 0.29) is 6.61 Å². The van der Waals surface area contributed by atoms with E-state index >= 15 is 0 Å². The molecule has 0 fully saturated rings. The van der Waals surface area contributed by atoms with E-state index in [4.69, 9.17) is 4.98 Å². The number of nitrogens with zero attached hydrogens (tertiary/aromatic N) is 2. The molecule has 4 nitrogen and oxygen atoms in total. The van der Waals surface area contributed by atoms with Gasteiger partial charge in [0.2, 0.25) is 5.95 Å². The summed E-state index contributed by atoms with van der Waals surface area (Å²) < 4.78 is 0. The van der Waals surface area contributed by atoms with E-state index < -0.39 is 5.54 Å². The normalized spacial score (nSPS) is 11.7. The number of rotatable bonds is 4. The Labute approximate surface area is 136 Å². The van der Waals surface area contributed by atoms with Crippen LogP contribution in [0.2, 0.25) is 0 Å². The molecule has 23 heavy (non-hydrogen) atoms. The van der Waals surface area contributed by atoms with Crippen LogP contribution in [0.4, 0.5) is 5.95 Å². The van der Waals surface area contributed by atoms with Crippen LogP contribution in [-0.2, 0) is 0 Å². The van der Waals surface area contributed by atoms with Crippen LogP contribution in [0.25, 0.3) is 22.2 Å². The maximum atomic E-state index is 9.47. The second kappa shape index (κ2) is 5.97. The summed E-state index contributed by atoms with van der Waals surface area (Å²) >= 11 is 0. The summed E-state index contributed by atoms with van der Waals surface area (Å²) in [7, 11) is 0. The smallest absolute Gasteiger partial charge is 0.224 e. The van der Waals surface area contributed by atoms with Crippen molar-refractivity contribution in [2.45, 2.75) is 26.3 Å². The molecule has 0 aliphatic heterocycles. The second-order valence-corrected chi connectivity index (χ2v) is 6.45. The van der Waals surface area contributed by atoms with Crippen molar-refractivity contribution < 1.29 is 5.11 Å². The quantitative estimate of drug-likeness (QED) is 0.770. The number of hydrogen-bond acceptors (Lipinski definition) is 4. The minimum atomic E-state index is -0.479. The van der Waals surface area contributed by atoms with Gasteiger partial charge in [0.25, 0.3) is 0 Å². The second-order valence-electron chi connectivity index (χ2n) is 6.45. The summed E-state index contributed by atoms with van der Waals surface area (Å²) in [6, 6.07) is 16.3. The van der Waals surface area contributed by atoms with Crippen LogP contribution in [0.5, 0.6) is 0 Å². The zero-order valence-electron chi connectivity index (χ0n) is 13.7. The van der Waals surface area contributed by atoms with Gasteiger partial charge in [0.15, 0.2) is 0 Å². The first kappa shape index (κ1) is 15.4. The fourth-order valence-corrected chi connectivity index (χ4v) is 2.41. The van der Waals surface area contributed by atoms with Crippen molar-refractivity contribution in [3.8, 4) is 11.3 Å². The molecule has 0 spiro atoms. The van der Waals surface area contributed by atoms with E-state index in [0.717, 1.165) is 22.2 Å². The van der Waals surface area contributed by atoms with Gasteiger partial charge in [-0.15, -0.1) is 0 Å². The molecular formula is C19H21N3O. The van der Waals surface area contributed by atoms with Gasteiger partial charge in [-0.1, -0.05) is 48.0 Å². The maximum absolute atomic E-state index is 9.47. The molecule has 2 aromatic carbocycles. The lowest BCUT2D eigenvalue weighted by Crippen LogP contribution is -2.35. The average Bonchev–Trinajstić information content (AvgIpc) is 2.54. The Hall–Kier alpha value is -2.46. The Morgan fingerprint density at radius 1 is 1.00 bits per heavy atom. The molecule has 0 aliphatic carbocycles.